The predicted molar refractivity (Wildman–Crippen MR) is 71.4 cm³/mol. The SMILES string of the molecule is CCOc1n[nH]c(NC(=O)c2cccc(C)c2C)n1. The Morgan fingerprint density at radius 2 is 2.21 bits per heavy atom. The lowest BCUT2D eigenvalue weighted by Gasteiger charge is -2.07. The van der Waals surface area contributed by atoms with E-state index >= 15 is 0 Å². The number of nitrogens with zero attached hydrogens (tertiary/aromatic N) is 2. The van der Waals surface area contributed by atoms with E-state index in [1.165, 1.54) is 0 Å². The molecule has 2 aromatic rings. The summed E-state index contributed by atoms with van der Waals surface area (Å²) in [6, 6.07) is 5.81. The number of carbonyl (C=O) groups is 1. The average Bonchev–Trinajstić information content (AvgIpc) is 2.80. The van der Waals surface area contributed by atoms with Gasteiger partial charge in [-0.1, -0.05) is 12.1 Å². The van der Waals surface area contributed by atoms with E-state index in [-0.39, 0.29) is 17.9 Å². The molecule has 1 aromatic heterocycles. The third-order valence-electron chi connectivity index (χ3n) is 2.82. The summed E-state index contributed by atoms with van der Waals surface area (Å²) in [5.74, 6) is 0.0507. The maximum atomic E-state index is 12.1. The minimum absolute atomic E-state index is 0.221. The Kier molecular flexibility index (Phi) is 3.79. The van der Waals surface area contributed by atoms with Crippen LogP contribution in [0.15, 0.2) is 18.2 Å². The zero-order valence-corrected chi connectivity index (χ0v) is 11.2. The van der Waals surface area contributed by atoms with Crippen molar-refractivity contribution in [2.75, 3.05) is 11.9 Å². The van der Waals surface area contributed by atoms with Crippen LogP contribution in [0.25, 0.3) is 0 Å². The molecule has 0 bridgehead atoms. The van der Waals surface area contributed by atoms with Gasteiger partial charge in [-0.2, -0.15) is 4.98 Å². The molecule has 0 aliphatic rings. The van der Waals surface area contributed by atoms with Gasteiger partial charge in [0.25, 0.3) is 5.91 Å². The Hall–Kier alpha value is -2.37. The molecule has 0 saturated heterocycles. The Balaban J connectivity index is 2.14. The van der Waals surface area contributed by atoms with Gasteiger partial charge in [-0.3, -0.25) is 10.1 Å². The molecule has 2 N–H and O–H groups in total. The number of benzene rings is 1. The summed E-state index contributed by atoms with van der Waals surface area (Å²) in [6.07, 6.45) is 0. The average molecular weight is 260 g/mol. The number of amides is 1. The van der Waals surface area contributed by atoms with Crippen molar-refractivity contribution in [3.8, 4) is 6.01 Å². The van der Waals surface area contributed by atoms with E-state index in [2.05, 4.69) is 20.5 Å². The first kappa shape index (κ1) is 13.1. The van der Waals surface area contributed by atoms with Crippen LogP contribution in [0.5, 0.6) is 6.01 Å². The van der Waals surface area contributed by atoms with Crippen LogP contribution in [0.4, 0.5) is 5.95 Å². The Morgan fingerprint density at radius 3 is 2.95 bits per heavy atom. The first-order valence-corrected chi connectivity index (χ1v) is 6.04. The van der Waals surface area contributed by atoms with Gasteiger partial charge in [0.1, 0.15) is 0 Å². The normalized spacial score (nSPS) is 10.3. The van der Waals surface area contributed by atoms with E-state index in [1.807, 2.05) is 32.9 Å². The summed E-state index contributed by atoms with van der Waals surface area (Å²) in [4.78, 5) is 16.1. The summed E-state index contributed by atoms with van der Waals surface area (Å²) in [7, 11) is 0. The van der Waals surface area contributed by atoms with Crippen molar-refractivity contribution in [3.63, 3.8) is 0 Å². The molecule has 100 valence electrons. The number of anilines is 1. The molecule has 0 atom stereocenters. The highest BCUT2D eigenvalue weighted by Gasteiger charge is 2.12. The van der Waals surface area contributed by atoms with Crippen molar-refractivity contribution in [1.82, 2.24) is 15.2 Å². The number of hydrogen-bond donors (Lipinski definition) is 2. The van der Waals surface area contributed by atoms with Gasteiger partial charge in [0.15, 0.2) is 0 Å². The van der Waals surface area contributed by atoms with E-state index in [1.54, 1.807) is 6.07 Å². The second kappa shape index (κ2) is 5.51. The fourth-order valence-corrected chi connectivity index (χ4v) is 1.67. The molecule has 0 saturated carbocycles. The Bertz CT molecular complexity index is 592. The fourth-order valence-electron chi connectivity index (χ4n) is 1.67. The molecule has 6 heteroatoms. The van der Waals surface area contributed by atoms with Gasteiger partial charge < -0.3 is 4.74 Å². The van der Waals surface area contributed by atoms with Crippen molar-refractivity contribution in [2.45, 2.75) is 20.8 Å². The predicted octanol–water partition coefficient (Wildman–Crippen LogP) is 2.07. The molecule has 1 aromatic carbocycles. The highest BCUT2D eigenvalue weighted by molar-refractivity contribution is 6.04. The lowest BCUT2D eigenvalue weighted by atomic mass is 10.0. The van der Waals surface area contributed by atoms with Gasteiger partial charge in [-0.05, 0) is 38.0 Å². The number of aromatic nitrogens is 3. The molecule has 0 fully saturated rings. The highest BCUT2D eigenvalue weighted by atomic mass is 16.5. The third kappa shape index (κ3) is 2.90. The number of carbonyl (C=O) groups excluding carboxylic acids is 1. The number of H-pyrrole nitrogens is 1. The van der Waals surface area contributed by atoms with Crippen LogP contribution < -0.4 is 10.1 Å². The van der Waals surface area contributed by atoms with Crippen LogP contribution in [0.2, 0.25) is 0 Å². The van der Waals surface area contributed by atoms with Gasteiger partial charge in [-0.15, -0.1) is 5.10 Å². The number of hydrogen-bond acceptors (Lipinski definition) is 4. The van der Waals surface area contributed by atoms with E-state index in [0.717, 1.165) is 11.1 Å². The number of aromatic amines is 1. The molecule has 0 aliphatic heterocycles. The minimum Gasteiger partial charge on any atom is -0.463 e. The van der Waals surface area contributed by atoms with Gasteiger partial charge in [0.05, 0.1) is 6.61 Å². The second-order valence-corrected chi connectivity index (χ2v) is 4.10. The molecule has 0 aliphatic carbocycles. The molecule has 19 heavy (non-hydrogen) atoms. The summed E-state index contributed by atoms with van der Waals surface area (Å²) in [6.45, 7) is 6.19. The molecule has 2 rings (SSSR count). The van der Waals surface area contributed by atoms with E-state index < -0.39 is 0 Å². The quantitative estimate of drug-likeness (QED) is 0.882. The van der Waals surface area contributed by atoms with Crippen LogP contribution in [0.3, 0.4) is 0 Å². The van der Waals surface area contributed by atoms with Crippen molar-refractivity contribution >= 4 is 11.9 Å². The van der Waals surface area contributed by atoms with Crippen molar-refractivity contribution < 1.29 is 9.53 Å². The zero-order chi connectivity index (χ0) is 13.8. The molecule has 0 unspecified atom stereocenters. The van der Waals surface area contributed by atoms with Crippen molar-refractivity contribution in [3.05, 3.63) is 34.9 Å². The molecule has 0 spiro atoms. The van der Waals surface area contributed by atoms with Gasteiger partial charge in [-0.25, -0.2) is 5.10 Å². The zero-order valence-electron chi connectivity index (χ0n) is 11.2. The molecule has 6 nitrogen and oxygen atoms in total. The molecular weight excluding hydrogens is 244 g/mol. The molecule has 1 heterocycles. The van der Waals surface area contributed by atoms with Crippen LogP contribution in [-0.2, 0) is 0 Å². The van der Waals surface area contributed by atoms with Crippen LogP contribution in [0, 0.1) is 13.8 Å². The van der Waals surface area contributed by atoms with Gasteiger partial charge in [0.2, 0.25) is 5.95 Å². The number of aryl methyl sites for hydroxylation is 1. The number of rotatable bonds is 4. The first-order chi connectivity index (χ1) is 9.11. The largest absolute Gasteiger partial charge is 0.463 e. The topological polar surface area (TPSA) is 79.9 Å². The molecular formula is C13H16N4O2. The van der Waals surface area contributed by atoms with Crippen LogP contribution >= 0.6 is 0 Å². The van der Waals surface area contributed by atoms with Gasteiger partial charge in [0, 0.05) is 5.56 Å². The second-order valence-electron chi connectivity index (χ2n) is 4.10. The number of ether oxygens (including phenoxy) is 1. The Morgan fingerprint density at radius 1 is 1.42 bits per heavy atom. The Labute approximate surface area is 111 Å². The van der Waals surface area contributed by atoms with Crippen molar-refractivity contribution in [2.24, 2.45) is 0 Å². The van der Waals surface area contributed by atoms with Crippen molar-refractivity contribution in [1.29, 1.82) is 0 Å². The summed E-state index contributed by atoms with van der Waals surface area (Å²) < 4.78 is 5.11. The van der Waals surface area contributed by atoms with E-state index in [9.17, 15) is 4.79 Å². The van der Waals surface area contributed by atoms with E-state index in [0.29, 0.717) is 12.2 Å². The summed E-state index contributed by atoms with van der Waals surface area (Å²) in [5, 5.41) is 9.08. The maximum Gasteiger partial charge on any atom is 0.337 e. The smallest absolute Gasteiger partial charge is 0.337 e. The minimum atomic E-state index is -0.222. The highest BCUT2D eigenvalue weighted by Crippen LogP contribution is 2.14. The standard InChI is InChI=1S/C13H16N4O2/c1-4-19-13-15-12(16-17-13)14-11(18)10-7-5-6-8(2)9(10)3/h5-7H,4H2,1-3H3,(H2,14,15,16,17,18). The van der Waals surface area contributed by atoms with E-state index in [4.69, 9.17) is 4.74 Å². The lowest BCUT2D eigenvalue weighted by molar-refractivity contribution is 0.102. The third-order valence-corrected chi connectivity index (χ3v) is 2.82. The van der Waals surface area contributed by atoms with Gasteiger partial charge >= 0.3 is 6.01 Å². The fraction of sp³-hybridized carbons (Fsp3) is 0.308. The number of nitrogens with one attached hydrogen (secondary N) is 2. The maximum absolute atomic E-state index is 12.1. The first-order valence-electron chi connectivity index (χ1n) is 6.04. The van der Waals surface area contributed by atoms with Crippen LogP contribution in [0.1, 0.15) is 28.4 Å². The molecule has 1 amide bonds. The lowest BCUT2D eigenvalue weighted by Crippen LogP contribution is -2.14. The monoisotopic (exact) mass is 260 g/mol. The molecule has 0 radical (unpaired) electrons. The summed E-state index contributed by atoms with van der Waals surface area (Å²) >= 11 is 0. The summed E-state index contributed by atoms with van der Waals surface area (Å²) in [5.41, 5.74) is 2.64. The van der Waals surface area contributed by atoms with Crippen LogP contribution in [-0.4, -0.2) is 27.7 Å².